The summed E-state index contributed by atoms with van der Waals surface area (Å²) in [5.74, 6) is -0.664. The van der Waals surface area contributed by atoms with Crippen molar-refractivity contribution in [2.45, 2.75) is 59.4 Å². The number of carboxylic acids is 1. The molecule has 0 spiro atoms. The van der Waals surface area contributed by atoms with Gasteiger partial charge in [0.1, 0.15) is 16.2 Å². The van der Waals surface area contributed by atoms with Crippen LogP contribution in [0.1, 0.15) is 50.9 Å². The first kappa shape index (κ1) is 20.3. The minimum atomic E-state index is -1.38. The van der Waals surface area contributed by atoms with Gasteiger partial charge in [0.05, 0.1) is 5.39 Å². The number of hydrogen-bond acceptors (Lipinski definition) is 4. The van der Waals surface area contributed by atoms with Crippen molar-refractivity contribution in [3.63, 3.8) is 0 Å². The number of benzene rings is 1. The molecule has 0 unspecified atom stereocenters. The van der Waals surface area contributed by atoms with E-state index in [0.29, 0.717) is 16.0 Å². The first-order valence-corrected chi connectivity index (χ1v) is 10.0. The number of carbonyl (C=O) groups is 1. The second-order valence-corrected chi connectivity index (χ2v) is 9.91. The number of aromatic nitrogens is 2. The molecule has 0 aliphatic carbocycles. The monoisotopic (exact) mass is 398 g/mol. The minimum absolute atomic E-state index is 0.0428. The number of carboxylic acid groups (broad SMARTS) is 1. The van der Waals surface area contributed by atoms with Gasteiger partial charge in [-0.25, -0.2) is 9.78 Å². The van der Waals surface area contributed by atoms with E-state index < -0.39 is 11.5 Å². The summed E-state index contributed by atoms with van der Waals surface area (Å²) in [5, 5.41) is 10.1. The van der Waals surface area contributed by atoms with Crippen LogP contribution < -0.4 is 5.56 Å². The van der Waals surface area contributed by atoms with Gasteiger partial charge in [-0.05, 0) is 44.2 Å². The lowest BCUT2D eigenvalue weighted by Gasteiger charge is -2.24. The van der Waals surface area contributed by atoms with Crippen LogP contribution in [-0.4, -0.2) is 20.6 Å². The number of rotatable bonds is 3. The van der Waals surface area contributed by atoms with Crippen LogP contribution in [0.3, 0.4) is 0 Å². The molecular weight excluding hydrogens is 372 g/mol. The van der Waals surface area contributed by atoms with E-state index in [1.165, 1.54) is 35.3 Å². The lowest BCUT2D eigenvalue weighted by atomic mass is 9.86. The summed E-state index contributed by atoms with van der Waals surface area (Å²) >= 11 is 1.47. The maximum Gasteiger partial charge on any atom is 0.329 e. The topological polar surface area (TPSA) is 72.2 Å². The van der Waals surface area contributed by atoms with Gasteiger partial charge in [-0.2, -0.15) is 0 Å². The first-order chi connectivity index (χ1) is 12.9. The Labute approximate surface area is 168 Å². The van der Waals surface area contributed by atoms with Gasteiger partial charge in [0.25, 0.3) is 5.56 Å². The van der Waals surface area contributed by atoms with Crippen LogP contribution >= 0.6 is 11.3 Å². The summed E-state index contributed by atoms with van der Waals surface area (Å²) in [6.45, 7) is 13.2. The Hall–Kier alpha value is -2.47. The smallest absolute Gasteiger partial charge is 0.329 e. The largest absolute Gasteiger partial charge is 0.480 e. The number of aliphatic carboxylic acids is 1. The molecule has 0 fully saturated rings. The Bertz CT molecular complexity index is 1130. The summed E-state index contributed by atoms with van der Waals surface area (Å²) in [6, 6.07) is 8.22. The van der Waals surface area contributed by atoms with Crippen molar-refractivity contribution in [1.29, 1.82) is 0 Å². The second-order valence-electron chi connectivity index (χ2n) is 8.70. The fraction of sp³-hybridized carbons (Fsp3) is 0.409. The van der Waals surface area contributed by atoms with E-state index >= 15 is 0 Å². The highest BCUT2D eigenvalue weighted by Crippen LogP contribution is 2.37. The Balaban J connectivity index is 2.32. The van der Waals surface area contributed by atoms with Gasteiger partial charge in [-0.3, -0.25) is 9.36 Å². The average Bonchev–Trinajstić information content (AvgIpc) is 2.89. The highest BCUT2D eigenvalue weighted by Gasteiger charge is 2.33. The van der Waals surface area contributed by atoms with Gasteiger partial charge >= 0.3 is 5.97 Å². The molecule has 0 saturated carbocycles. The van der Waals surface area contributed by atoms with Crippen molar-refractivity contribution in [2.75, 3.05) is 0 Å². The second kappa shape index (κ2) is 6.55. The molecule has 6 heteroatoms. The van der Waals surface area contributed by atoms with Crippen molar-refractivity contribution in [3.8, 4) is 11.1 Å². The summed E-state index contributed by atoms with van der Waals surface area (Å²) in [6.07, 6.45) is 0. The first-order valence-electron chi connectivity index (χ1n) is 9.23. The van der Waals surface area contributed by atoms with Gasteiger partial charge in [-0.15, -0.1) is 11.3 Å². The SMILES string of the molecule is Cc1sc2nc(C)n(C(C)(C)C(=O)O)c(=O)c2c1-c1ccc(C(C)(C)C)cc1. The van der Waals surface area contributed by atoms with Crippen LogP contribution in [0.2, 0.25) is 0 Å². The van der Waals surface area contributed by atoms with Crippen molar-refractivity contribution in [2.24, 2.45) is 0 Å². The molecule has 5 nitrogen and oxygen atoms in total. The van der Waals surface area contributed by atoms with Gasteiger partial charge in [0.15, 0.2) is 0 Å². The lowest BCUT2D eigenvalue weighted by Crippen LogP contribution is -2.44. The molecule has 0 amide bonds. The van der Waals surface area contributed by atoms with E-state index in [1.54, 1.807) is 6.92 Å². The lowest BCUT2D eigenvalue weighted by molar-refractivity contribution is -0.145. The highest BCUT2D eigenvalue weighted by molar-refractivity contribution is 7.19. The molecule has 0 aliphatic heterocycles. The summed E-state index contributed by atoms with van der Waals surface area (Å²) in [4.78, 5) is 31.4. The Morgan fingerprint density at radius 2 is 1.64 bits per heavy atom. The number of fused-ring (bicyclic) bond motifs is 1. The summed E-state index contributed by atoms with van der Waals surface area (Å²) in [7, 11) is 0. The maximum atomic E-state index is 13.4. The van der Waals surface area contributed by atoms with E-state index in [4.69, 9.17) is 0 Å². The van der Waals surface area contributed by atoms with E-state index in [9.17, 15) is 14.7 Å². The fourth-order valence-corrected chi connectivity index (χ4v) is 4.58. The molecule has 2 heterocycles. The molecule has 148 valence electrons. The van der Waals surface area contributed by atoms with Crippen molar-refractivity contribution in [3.05, 3.63) is 50.9 Å². The molecule has 0 bridgehead atoms. The zero-order chi connectivity index (χ0) is 21.0. The molecule has 3 rings (SSSR count). The fourth-order valence-electron chi connectivity index (χ4n) is 3.50. The van der Waals surface area contributed by atoms with Crippen LogP contribution in [0.15, 0.2) is 29.1 Å². The summed E-state index contributed by atoms with van der Waals surface area (Å²) in [5.41, 5.74) is 1.35. The van der Waals surface area contributed by atoms with Crippen molar-refractivity contribution < 1.29 is 9.90 Å². The minimum Gasteiger partial charge on any atom is -0.480 e. The third-order valence-electron chi connectivity index (χ3n) is 5.19. The highest BCUT2D eigenvalue weighted by atomic mass is 32.1. The van der Waals surface area contributed by atoms with Crippen LogP contribution in [0.5, 0.6) is 0 Å². The molecular formula is C22H26N2O3S. The third kappa shape index (κ3) is 3.15. The number of nitrogens with zero attached hydrogens (tertiary/aromatic N) is 2. The molecule has 1 aromatic carbocycles. The van der Waals surface area contributed by atoms with Crippen molar-refractivity contribution in [1.82, 2.24) is 9.55 Å². The van der Waals surface area contributed by atoms with Crippen LogP contribution in [0.4, 0.5) is 0 Å². The van der Waals surface area contributed by atoms with Crippen LogP contribution in [-0.2, 0) is 15.7 Å². The maximum absolute atomic E-state index is 13.4. The zero-order valence-corrected chi connectivity index (χ0v) is 18.2. The van der Waals surface area contributed by atoms with Gasteiger partial charge in [0.2, 0.25) is 0 Å². The quantitative estimate of drug-likeness (QED) is 0.684. The molecule has 0 radical (unpaired) electrons. The zero-order valence-electron chi connectivity index (χ0n) is 17.4. The van der Waals surface area contributed by atoms with E-state index in [-0.39, 0.29) is 11.0 Å². The summed E-state index contributed by atoms with van der Waals surface area (Å²) < 4.78 is 1.29. The van der Waals surface area contributed by atoms with Crippen molar-refractivity contribution >= 4 is 27.5 Å². The molecule has 1 N–H and O–H groups in total. The molecule has 0 aliphatic rings. The number of hydrogen-bond donors (Lipinski definition) is 1. The van der Waals surface area contributed by atoms with E-state index in [2.05, 4.69) is 37.9 Å². The van der Waals surface area contributed by atoms with E-state index in [0.717, 1.165) is 16.0 Å². The number of aryl methyl sites for hydroxylation is 2. The van der Waals surface area contributed by atoms with Crippen LogP contribution in [0.25, 0.3) is 21.3 Å². The Morgan fingerprint density at radius 1 is 1.07 bits per heavy atom. The molecule has 0 saturated heterocycles. The van der Waals surface area contributed by atoms with Gasteiger partial charge in [-0.1, -0.05) is 45.0 Å². The van der Waals surface area contributed by atoms with E-state index in [1.807, 2.05) is 19.1 Å². The molecule has 28 heavy (non-hydrogen) atoms. The molecule has 2 aromatic heterocycles. The third-order valence-corrected chi connectivity index (χ3v) is 6.19. The predicted molar refractivity (Wildman–Crippen MR) is 114 cm³/mol. The molecule has 0 atom stereocenters. The average molecular weight is 399 g/mol. The Kier molecular flexibility index (Phi) is 4.74. The number of thiophene rings is 1. The molecule has 3 aromatic rings. The standard InChI is InChI=1S/C22H26N2O3S/c1-12-16(14-8-10-15(11-9-14)21(3,4)5)17-18(28-12)23-13(2)24(19(17)25)22(6,7)20(26)27/h8-11H,1-7H3,(H,26,27). The Morgan fingerprint density at radius 3 is 2.14 bits per heavy atom. The predicted octanol–water partition coefficient (Wildman–Crippen LogP) is 4.86. The van der Waals surface area contributed by atoms with Crippen LogP contribution in [0, 0.1) is 13.8 Å². The van der Waals surface area contributed by atoms with Gasteiger partial charge < -0.3 is 5.11 Å². The normalized spacial score (nSPS) is 12.5. The van der Waals surface area contributed by atoms with Gasteiger partial charge in [0, 0.05) is 10.4 Å².